The van der Waals surface area contributed by atoms with Gasteiger partial charge in [-0.15, -0.1) is 0 Å². The molecule has 0 saturated carbocycles. The Morgan fingerprint density at radius 3 is 1.58 bits per heavy atom. The van der Waals surface area contributed by atoms with Crippen LogP contribution in [0, 0.1) is 0 Å². The number of amides is 4. The zero-order valence-corrected chi connectivity index (χ0v) is 16.6. The van der Waals surface area contributed by atoms with E-state index in [0.717, 1.165) is 5.32 Å². The number of carboxylic acid groups (broad SMARTS) is 1. The molecular formula is C14H10F12N4O6. The van der Waals surface area contributed by atoms with Gasteiger partial charge in [-0.3, -0.25) is 29.4 Å². The van der Waals surface area contributed by atoms with Crippen molar-refractivity contribution in [3.05, 3.63) is 0 Å². The van der Waals surface area contributed by atoms with Gasteiger partial charge in [-0.2, -0.15) is 57.7 Å². The number of guanidine groups is 1. The molecule has 0 aromatic heterocycles. The number of halogens is 12. The Balaban J connectivity index is 6.21. The molecular weight excluding hydrogens is 548 g/mol. The maximum atomic E-state index is 12.9. The van der Waals surface area contributed by atoms with Crippen LogP contribution in [0.15, 0.2) is 4.99 Å². The summed E-state index contributed by atoms with van der Waals surface area (Å²) in [5.74, 6) is -17.6. The van der Waals surface area contributed by atoms with E-state index in [9.17, 15) is 76.7 Å². The number of carbonyl (C=O) groups is 5. The number of rotatable bonds is 6. The first-order valence-corrected chi connectivity index (χ1v) is 8.46. The van der Waals surface area contributed by atoms with E-state index in [1.807, 2.05) is 4.99 Å². The molecule has 36 heavy (non-hydrogen) atoms. The first-order valence-electron chi connectivity index (χ1n) is 8.46. The Hall–Kier alpha value is -3.62. The molecule has 0 bridgehead atoms. The van der Waals surface area contributed by atoms with Crippen molar-refractivity contribution >= 4 is 35.6 Å². The van der Waals surface area contributed by atoms with Crippen molar-refractivity contribution in [3.8, 4) is 0 Å². The SMILES string of the molecule is O=C(O)C(CCCN(C(=O)C(F)(F)F)C(=NC(=O)C(F)(F)F)NC(=O)C(F)(F)F)NC(=O)C(F)(F)F. The predicted octanol–water partition coefficient (Wildman–Crippen LogP) is 1.41. The molecule has 0 rings (SSSR count). The highest BCUT2D eigenvalue weighted by molar-refractivity contribution is 6.10. The highest BCUT2D eigenvalue weighted by Crippen LogP contribution is 2.22. The van der Waals surface area contributed by atoms with Gasteiger partial charge in [0.15, 0.2) is 0 Å². The maximum Gasteiger partial charge on any atom is 0.473 e. The lowest BCUT2D eigenvalue weighted by atomic mass is 10.1. The lowest BCUT2D eigenvalue weighted by Crippen LogP contribution is -2.55. The van der Waals surface area contributed by atoms with Crippen LogP contribution in [0.2, 0.25) is 0 Å². The number of hydrogen-bond donors (Lipinski definition) is 3. The van der Waals surface area contributed by atoms with Crippen LogP contribution >= 0.6 is 0 Å². The average Bonchev–Trinajstić information content (AvgIpc) is 2.65. The summed E-state index contributed by atoms with van der Waals surface area (Å²) in [5, 5.41) is 10.0. The minimum atomic E-state index is -6.10. The molecule has 1 unspecified atom stereocenters. The number of nitrogens with zero attached hydrogens (tertiary/aromatic N) is 2. The molecule has 4 amide bonds. The van der Waals surface area contributed by atoms with Crippen LogP contribution in [0.1, 0.15) is 12.8 Å². The molecule has 0 spiro atoms. The second kappa shape index (κ2) is 11.4. The van der Waals surface area contributed by atoms with Crippen molar-refractivity contribution < 1.29 is 81.8 Å². The topological polar surface area (TPSA) is 145 Å². The molecule has 0 aromatic rings. The Morgan fingerprint density at radius 1 is 0.750 bits per heavy atom. The van der Waals surface area contributed by atoms with Gasteiger partial charge in [0.2, 0.25) is 5.96 Å². The lowest BCUT2D eigenvalue weighted by molar-refractivity contribution is -0.182. The third-order valence-electron chi connectivity index (χ3n) is 3.41. The molecule has 0 aromatic carbocycles. The Labute approximate surface area is 189 Å². The fraction of sp³-hybridized carbons (Fsp3) is 0.571. The number of nitrogens with one attached hydrogen (secondary N) is 2. The third kappa shape index (κ3) is 10.3. The van der Waals surface area contributed by atoms with E-state index in [2.05, 4.69) is 0 Å². The van der Waals surface area contributed by atoms with E-state index in [4.69, 9.17) is 5.11 Å². The summed E-state index contributed by atoms with van der Waals surface area (Å²) in [5.41, 5.74) is 0. The summed E-state index contributed by atoms with van der Waals surface area (Å²) >= 11 is 0. The van der Waals surface area contributed by atoms with Crippen LogP contribution in [-0.4, -0.2) is 82.9 Å². The average molecular weight is 558 g/mol. The van der Waals surface area contributed by atoms with Gasteiger partial charge in [0.25, 0.3) is 0 Å². The van der Waals surface area contributed by atoms with E-state index in [-0.39, 0.29) is 0 Å². The largest absolute Gasteiger partial charge is 0.480 e. The Kier molecular flexibility index (Phi) is 10.3. The number of alkyl halides is 12. The molecule has 0 aliphatic carbocycles. The quantitative estimate of drug-likeness (QED) is 0.256. The van der Waals surface area contributed by atoms with Gasteiger partial charge < -0.3 is 10.4 Å². The van der Waals surface area contributed by atoms with Crippen molar-refractivity contribution in [2.24, 2.45) is 4.99 Å². The zero-order valence-electron chi connectivity index (χ0n) is 16.6. The van der Waals surface area contributed by atoms with Crippen LogP contribution in [-0.2, 0) is 24.0 Å². The molecule has 0 fully saturated rings. The predicted molar refractivity (Wildman–Crippen MR) is 85.3 cm³/mol. The van der Waals surface area contributed by atoms with Crippen LogP contribution in [0.4, 0.5) is 52.7 Å². The molecule has 0 saturated heterocycles. The van der Waals surface area contributed by atoms with E-state index < -0.39 is 90.6 Å². The van der Waals surface area contributed by atoms with Crippen molar-refractivity contribution in [2.75, 3.05) is 6.54 Å². The van der Waals surface area contributed by atoms with E-state index in [1.165, 1.54) is 0 Å². The zero-order chi connectivity index (χ0) is 28.9. The molecule has 0 aliphatic heterocycles. The molecule has 22 heteroatoms. The van der Waals surface area contributed by atoms with Gasteiger partial charge in [-0.05, 0) is 12.8 Å². The van der Waals surface area contributed by atoms with Gasteiger partial charge in [0.1, 0.15) is 6.04 Å². The minimum absolute atomic E-state index is 0.362. The normalized spacial score (nSPS) is 14.1. The fourth-order valence-electron chi connectivity index (χ4n) is 1.90. The van der Waals surface area contributed by atoms with Crippen molar-refractivity contribution in [2.45, 2.75) is 43.6 Å². The first-order chi connectivity index (χ1) is 15.9. The van der Waals surface area contributed by atoms with Crippen LogP contribution in [0.5, 0.6) is 0 Å². The van der Waals surface area contributed by atoms with Crippen molar-refractivity contribution in [1.82, 2.24) is 15.5 Å². The monoisotopic (exact) mass is 558 g/mol. The molecule has 1 atom stereocenters. The number of hydrogen-bond acceptors (Lipinski definition) is 5. The highest BCUT2D eigenvalue weighted by Gasteiger charge is 2.48. The molecule has 10 nitrogen and oxygen atoms in total. The van der Waals surface area contributed by atoms with E-state index >= 15 is 0 Å². The number of carboxylic acids is 1. The molecule has 206 valence electrons. The molecule has 0 radical (unpaired) electrons. The van der Waals surface area contributed by atoms with Crippen LogP contribution < -0.4 is 10.6 Å². The maximum absolute atomic E-state index is 12.9. The number of aliphatic imine (C=N–C) groups is 1. The summed E-state index contributed by atoms with van der Waals surface area (Å²) in [6.07, 6.45) is -26.3. The molecule has 3 N–H and O–H groups in total. The van der Waals surface area contributed by atoms with Crippen molar-refractivity contribution in [3.63, 3.8) is 0 Å². The van der Waals surface area contributed by atoms with Gasteiger partial charge in [-0.1, -0.05) is 0 Å². The second-order valence-corrected chi connectivity index (χ2v) is 6.15. The third-order valence-corrected chi connectivity index (χ3v) is 3.41. The Bertz CT molecular complexity index is 906. The summed E-state index contributed by atoms with van der Waals surface area (Å²) < 4.78 is 150. The molecule has 0 heterocycles. The smallest absolute Gasteiger partial charge is 0.473 e. The van der Waals surface area contributed by atoms with Gasteiger partial charge in [0.05, 0.1) is 0 Å². The van der Waals surface area contributed by atoms with Crippen LogP contribution in [0.3, 0.4) is 0 Å². The lowest BCUT2D eigenvalue weighted by Gasteiger charge is -2.26. The van der Waals surface area contributed by atoms with Gasteiger partial charge in [-0.25, -0.2) is 4.79 Å². The fourth-order valence-corrected chi connectivity index (χ4v) is 1.90. The summed E-state index contributed by atoms with van der Waals surface area (Å²) in [4.78, 5) is 56.0. The van der Waals surface area contributed by atoms with E-state index in [1.54, 1.807) is 0 Å². The first kappa shape index (κ1) is 32.4. The summed E-state index contributed by atoms with van der Waals surface area (Å²) in [7, 11) is 0. The van der Waals surface area contributed by atoms with Gasteiger partial charge in [0, 0.05) is 6.54 Å². The van der Waals surface area contributed by atoms with E-state index in [0.29, 0.717) is 5.32 Å². The number of carbonyl (C=O) groups excluding carboxylic acids is 4. The summed E-state index contributed by atoms with van der Waals surface area (Å²) in [6.45, 7) is -1.76. The number of aliphatic carboxylic acids is 1. The second-order valence-electron chi connectivity index (χ2n) is 6.15. The Morgan fingerprint density at radius 2 is 1.22 bits per heavy atom. The van der Waals surface area contributed by atoms with Gasteiger partial charge >= 0.3 is 54.3 Å². The van der Waals surface area contributed by atoms with Crippen LogP contribution in [0.25, 0.3) is 0 Å². The van der Waals surface area contributed by atoms with Crippen molar-refractivity contribution in [1.29, 1.82) is 0 Å². The minimum Gasteiger partial charge on any atom is -0.480 e. The molecule has 0 aliphatic rings. The highest BCUT2D eigenvalue weighted by atomic mass is 19.4. The standard InChI is InChI=1S/C14H10F12N4O6/c15-11(16,17)6(33)27-4(5(31)32)2-1-3-30(9(36)14(24,25)26)10(28-7(34)12(18,19)20)29-8(35)13(21,22)23/h4H,1-3H2,(H,27,33)(H,31,32)(H,28,29,34,35). The summed E-state index contributed by atoms with van der Waals surface area (Å²) in [6, 6.07) is -2.52.